The fourth-order valence-electron chi connectivity index (χ4n) is 2.25. The van der Waals surface area contributed by atoms with Gasteiger partial charge in [-0.2, -0.15) is 0 Å². The van der Waals surface area contributed by atoms with Crippen LogP contribution in [0.2, 0.25) is 0 Å². The first-order chi connectivity index (χ1) is 11.2. The van der Waals surface area contributed by atoms with Crippen LogP contribution in [0.5, 0.6) is 5.75 Å². The molecule has 0 bridgehead atoms. The first kappa shape index (κ1) is 18.0. The number of phenols is 1. The number of phenolic OH excluding ortho intramolecular Hbond substituents is 1. The molecule has 0 aromatic heterocycles. The Hall–Kier alpha value is -2.38. The third-order valence-corrected chi connectivity index (χ3v) is 4.83. The van der Waals surface area contributed by atoms with Crippen molar-refractivity contribution in [3.8, 4) is 5.75 Å². The summed E-state index contributed by atoms with van der Waals surface area (Å²) in [5, 5.41) is 17.8. The number of carbonyl (C=O) groups excluding carboxylic acids is 1. The van der Waals surface area contributed by atoms with Crippen molar-refractivity contribution < 1.29 is 18.3 Å². The van der Waals surface area contributed by atoms with Crippen LogP contribution < -0.4 is 10.5 Å². The number of hydrogen-bond acceptors (Lipinski definition) is 4. The van der Waals surface area contributed by atoms with Gasteiger partial charge in [-0.25, -0.2) is 13.6 Å². The molecule has 2 rings (SSSR count). The Morgan fingerprint density at radius 2 is 1.75 bits per heavy atom. The monoisotopic (exact) mass is 348 g/mol. The normalized spacial score (nSPS) is 11.3. The predicted octanol–water partition coefficient (Wildman–Crippen LogP) is 1.63. The van der Waals surface area contributed by atoms with Crippen LogP contribution in [0.3, 0.4) is 0 Å². The summed E-state index contributed by atoms with van der Waals surface area (Å²) in [4.78, 5) is 12.2. The predicted molar refractivity (Wildman–Crippen MR) is 91.4 cm³/mol. The van der Waals surface area contributed by atoms with Gasteiger partial charge in [0.25, 0.3) is 5.91 Å². The number of benzene rings is 2. The van der Waals surface area contributed by atoms with E-state index in [0.717, 1.165) is 11.1 Å². The molecule has 0 aliphatic rings. The molecule has 2 aromatic rings. The summed E-state index contributed by atoms with van der Waals surface area (Å²) >= 11 is 0. The second kappa shape index (κ2) is 7.02. The van der Waals surface area contributed by atoms with Crippen molar-refractivity contribution in [2.75, 3.05) is 6.54 Å². The van der Waals surface area contributed by atoms with Gasteiger partial charge in [0.15, 0.2) is 0 Å². The van der Waals surface area contributed by atoms with Crippen LogP contribution in [0, 0.1) is 13.8 Å². The Morgan fingerprint density at radius 1 is 1.12 bits per heavy atom. The number of primary sulfonamides is 1. The van der Waals surface area contributed by atoms with Crippen molar-refractivity contribution in [2.24, 2.45) is 5.14 Å². The number of nitrogens with one attached hydrogen (secondary N) is 1. The maximum absolute atomic E-state index is 12.1. The van der Waals surface area contributed by atoms with Crippen molar-refractivity contribution in [1.82, 2.24) is 5.32 Å². The van der Waals surface area contributed by atoms with Gasteiger partial charge in [-0.3, -0.25) is 4.79 Å². The minimum absolute atomic E-state index is 0.00925. The fourth-order valence-corrected chi connectivity index (χ4v) is 2.76. The van der Waals surface area contributed by atoms with E-state index in [9.17, 15) is 18.3 Å². The SMILES string of the molecule is Cc1ccc(C(=O)NCCc2ccc(S(N)(=O)=O)cc2)c(O)c1C. The number of nitrogens with two attached hydrogens (primary N) is 1. The van der Waals surface area contributed by atoms with Crippen molar-refractivity contribution in [3.05, 3.63) is 58.7 Å². The second-order valence-corrected chi connectivity index (χ2v) is 7.16. The molecule has 2 aromatic carbocycles. The van der Waals surface area contributed by atoms with E-state index in [-0.39, 0.29) is 22.1 Å². The number of aromatic hydroxyl groups is 1. The minimum Gasteiger partial charge on any atom is -0.507 e. The van der Waals surface area contributed by atoms with Gasteiger partial charge in [0.2, 0.25) is 10.0 Å². The summed E-state index contributed by atoms with van der Waals surface area (Å²) in [6.45, 7) is 3.98. The Balaban J connectivity index is 1.97. The van der Waals surface area contributed by atoms with E-state index < -0.39 is 10.0 Å². The molecule has 0 heterocycles. The van der Waals surface area contributed by atoms with Crippen LogP contribution in [0.1, 0.15) is 27.0 Å². The van der Waals surface area contributed by atoms with Gasteiger partial charge in [-0.15, -0.1) is 0 Å². The molecule has 128 valence electrons. The van der Waals surface area contributed by atoms with Crippen LogP contribution >= 0.6 is 0 Å². The average Bonchev–Trinajstić information content (AvgIpc) is 2.52. The molecule has 1 amide bonds. The highest BCUT2D eigenvalue weighted by atomic mass is 32.2. The Bertz CT molecular complexity index is 859. The van der Waals surface area contributed by atoms with Crippen LogP contribution in [-0.4, -0.2) is 26.0 Å². The van der Waals surface area contributed by atoms with Crippen molar-refractivity contribution in [2.45, 2.75) is 25.2 Å². The lowest BCUT2D eigenvalue weighted by Gasteiger charge is -2.10. The van der Waals surface area contributed by atoms with Gasteiger partial charge in [-0.05, 0) is 55.2 Å². The molecular weight excluding hydrogens is 328 g/mol. The lowest BCUT2D eigenvalue weighted by Crippen LogP contribution is -2.26. The summed E-state index contributed by atoms with van der Waals surface area (Å²) in [7, 11) is -3.70. The Kier molecular flexibility index (Phi) is 5.26. The zero-order valence-corrected chi connectivity index (χ0v) is 14.4. The standard InChI is InChI=1S/C17H20N2O4S/c1-11-3-8-15(16(20)12(11)2)17(21)19-10-9-13-4-6-14(7-5-13)24(18,22)23/h3-8,20H,9-10H2,1-2H3,(H,19,21)(H2,18,22,23). The topological polar surface area (TPSA) is 109 Å². The van der Waals surface area contributed by atoms with Gasteiger partial charge in [-0.1, -0.05) is 18.2 Å². The highest BCUT2D eigenvalue weighted by molar-refractivity contribution is 7.89. The number of amides is 1. The van der Waals surface area contributed by atoms with E-state index in [1.165, 1.54) is 12.1 Å². The summed E-state index contributed by atoms with van der Waals surface area (Å²) in [6.07, 6.45) is 0.530. The van der Waals surface area contributed by atoms with E-state index in [2.05, 4.69) is 5.32 Å². The van der Waals surface area contributed by atoms with Crippen LogP contribution in [0.4, 0.5) is 0 Å². The summed E-state index contributed by atoms with van der Waals surface area (Å²) in [6, 6.07) is 9.55. The Labute approximate surface area is 141 Å². The molecule has 0 radical (unpaired) electrons. The molecule has 0 unspecified atom stereocenters. The number of sulfonamides is 1. The molecule has 0 saturated heterocycles. The van der Waals surface area contributed by atoms with Crippen molar-refractivity contribution >= 4 is 15.9 Å². The molecule has 0 saturated carbocycles. The molecule has 6 nitrogen and oxygen atoms in total. The summed E-state index contributed by atoms with van der Waals surface area (Å²) < 4.78 is 22.4. The van der Waals surface area contributed by atoms with Crippen LogP contribution in [0.25, 0.3) is 0 Å². The number of carbonyl (C=O) groups is 1. The summed E-state index contributed by atoms with van der Waals surface area (Å²) in [5.74, 6) is -0.359. The maximum Gasteiger partial charge on any atom is 0.255 e. The van der Waals surface area contributed by atoms with E-state index in [1.54, 1.807) is 31.2 Å². The lowest BCUT2D eigenvalue weighted by atomic mass is 10.0. The molecule has 7 heteroatoms. The molecule has 0 aliphatic carbocycles. The Morgan fingerprint density at radius 3 is 2.33 bits per heavy atom. The highest BCUT2D eigenvalue weighted by Crippen LogP contribution is 2.24. The van der Waals surface area contributed by atoms with E-state index in [0.29, 0.717) is 18.5 Å². The van der Waals surface area contributed by atoms with Crippen molar-refractivity contribution in [1.29, 1.82) is 0 Å². The molecule has 0 atom stereocenters. The quantitative estimate of drug-likeness (QED) is 0.763. The summed E-state index contributed by atoms with van der Waals surface area (Å²) in [5.41, 5.74) is 2.70. The van der Waals surface area contributed by atoms with Crippen molar-refractivity contribution in [3.63, 3.8) is 0 Å². The zero-order chi connectivity index (χ0) is 17.9. The number of aryl methyl sites for hydroxylation is 1. The largest absolute Gasteiger partial charge is 0.507 e. The van der Waals surface area contributed by atoms with Crippen LogP contribution in [0.15, 0.2) is 41.3 Å². The number of hydrogen-bond donors (Lipinski definition) is 3. The highest BCUT2D eigenvalue weighted by Gasteiger charge is 2.13. The van der Waals surface area contributed by atoms with Crippen LogP contribution in [-0.2, 0) is 16.4 Å². The van der Waals surface area contributed by atoms with Gasteiger partial charge >= 0.3 is 0 Å². The molecule has 4 N–H and O–H groups in total. The lowest BCUT2D eigenvalue weighted by molar-refractivity contribution is 0.0951. The average molecular weight is 348 g/mol. The smallest absolute Gasteiger partial charge is 0.255 e. The molecule has 0 aliphatic heterocycles. The molecule has 0 spiro atoms. The first-order valence-corrected chi connectivity index (χ1v) is 8.94. The zero-order valence-electron chi connectivity index (χ0n) is 13.5. The molecule has 0 fully saturated rings. The second-order valence-electron chi connectivity index (χ2n) is 5.60. The maximum atomic E-state index is 12.1. The van der Waals surface area contributed by atoms with E-state index in [4.69, 9.17) is 5.14 Å². The van der Waals surface area contributed by atoms with Gasteiger partial charge in [0.1, 0.15) is 5.75 Å². The van der Waals surface area contributed by atoms with Gasteiger partial charge in [0, 0.05) is 6.54 Å². The van der Waals surface area contributed by atoms with Gasteiger partial charge < -0.3 is 10.4 Å². The van der Waals surface area contributed by atoms with E-state index in [1.807, 2.05) is 6.92 Å². The minimum atomic E-state index is -3.70. The third-order valence-electron chi connectivity index (χ3n) is 3.90. The molecule has 24 heavy (non-hydrogen) atoms. The first-order valence-electron chi connectivity index (χ1n) is 7.39. The number of rotatable bonds is 5. The third kappa shape index (κ3) is 4.12. The fraction of sp³-hybridized carbons (Fsp3) is 0.235. The van der Waals surface area contributed by atoms with Gasteiger partial charge in [0.05, 0.1) is 10.5 Å². The van der Waals surface area contributed by atoms with E-state index >= 15 is 0 Å². The molecular formula is C17H20N2O4S.